The summed E-state index contributed by atoms with van der Waals surface area (Å²) in [5, 5.41) is 9.17. The van der Waals surface area contributed by atoms with Gasteiger partial charge in [-0.15, -0.1) is 21.5 Å². The van der Waals surface area contributed by atoms with Crippen LogP contribution in [0.1, 0.15) is 29.0 Å². The molecule has 0 aliphatic heterocycles. The second-order valence-corrected chi connectivity index (χ2v) is 9.99. The molecule has 0 atom stereocenters. The van der Waals surface area contributed by atoms with E-state index in [4.69, 9.17) is 10.8 Å². The van der Waals surface area contributed by atoms with Gasteiger partial charge in [0.25, 0.3) is 0 Å². The largest absolute Gasteiger partial charge is 0.335 e. The molecule has 0 saturated heterocycles. The Labute approximate surface area is 204 Å². The van der Waals surface area contributed by atoms with Crippen molar-refractivity contribution in [2.24, 2.45) is 0 Å². The van der Waals surface area contributed by atoms with Gasteiger partial charge in [-0.25, -0.2) is 14.1 Å². The first-order valence-electron chi connectivity index (χ1n) is 11.0. The summed E-state index contributed by atoms with van der Waals surface area (Å²) in [5.41, 5.74) is 2.40. The Morgan fingerprint density at radius 3 is 2.65 bits per heavy atom. The van der Waals surface area contributed by atoms with E-state index in [2.05, 4.69) is 10.2 Å². The van der Waals surface area contributed by atoms with Crippen LogP contribution in [0.25, 0.3) is 11.4 Å². The number of hydrogen-bond acceptors (Lipinski definition) is 7. The number of fused-ring (bicyclic) bond motifs is 1. The summed E-state index contributed by atoms with van der Waals surface area (Å²) in [5.74, 6) is 5.91. The van der Waals surface area contributed by atoms with Crippen LogP contribution in [0.4, 0.5) is 9.52 Å². The average Bonchev–Trinajstić information content (AvgIpc) is 3.45. The van der Waals surface area contributed by atoms with Gasteiger partial charge in [-0.05, 0) is 43.4 Å². The molecule has 1 aliphatic rings. The van der Waals surface area contributed by atoms with Crippen molar-refractivity contribution in [1.29, 1.82) is 0 Å². The zero-order valence-electron chi connectivity index (χ0n) is 18.4. The van der Waals surface area contributed by atoms with E-state index in [1.807, 2.05) is 30.3 Å². The third-order valence-corrected chi connectivity index (χ3v) is 7.76. The molecule has 5 rings (SSSR count). The number of amides is 1. The van der Waals surface area contributed by atoms with Gasteiger partial charge in [-0.3, -0.25) is 9.69 Å². The number of benzene rings is 2. The molecule has 174 valence electrons. The van der Waals surface area contributed by atoms with E-state index < -0.39 is 5.82 Å². The quantitative estimate of drug-likeness (QED) is 0.301. The lowest BCUT2D eigenvalue weighted by atomic mass is 10.0. The number of aromatic nitrogens is 4. The number of thioether (sulfide) groups is 1. The number of carbonyl (C=O) groups excluding carboxylic acids is 1. The Morgan fingerprint density at radius 2 is 1.85 bits per heavy atom. The molecule has 2 aromatic heterocycles. The Morgan fingerprint density at radius 1 is 1.09 bits per heavy atom. The lowest BCUT2D eigenvalue weighted by molar-refractivity contribution is -0.116. The molecule has 0 bridgehead atoms. The molecular formula is C24H23FN6OS2. The average molecular weight is 495 g/mol. The number of carbonyl (C=O) groups is 1. The molecule has 0 fully saturated rings. The molecule has 0 radical (unpaired) electrons. The van der Waals surface area contributed by atoms with Gasteiger partial charge >= 0.3 is 0 Å². The van der Waals surface area contributed by atoms with Crippen LogP contribution < -0.4 is 10.7 Å². The molecule has 34 heavy (non-hydrogen) atoms. The number of aryl methyl sites for hydroxylation is 2. The number of nitrogens with zero attached hydrogens (tertiary/aromatic N) is 5. The van der Waals surface area contributed by atoms with E-state index in [-0.39, 0.29) is 23.0 Å². The van der Waals surface area contributed by atoms with Gasteiger partial charge in [0, 0.05) is 4.88 Å². The number of thiazole rings is 1. The zero-order valence-corrected chi connectivity index (χ0v) is 20.0. The maximum atomic E-state index is 14.2. The highest BCUT2D eigenvalue weighted by Crippen LogP contribution is 2.33. The van der Waals surface area contributed by atoms with E-state index in [9.17, 15) is 9.18 Å². The van der Waals surface area contributed by atoms with Crippen LogP contribution in [0.3, 0.4) is 0 Å². The summed E-state index contributed by atoms with van der Waals surface area (Å²) in [6.07, 6.45) is 4.27. The molecule has 4 aromatic rings. The molecule has 2 aromatic carbocycles. The topological polar surface area (TPSA) is 89.9 Å². The summed E-state index contributed by atoms with van der Waals surface area (Å²) in [4.78, 5) is 21.2. The standard InChI is InChI=1S/C24H23FN6OS2/c25-18-11-5-4-10-17(18)22-28-29-24(31(22)26)33-15-21(32)30(14-16-8-2-1-3-9-16)23-27-19-12-6-7-13-20(19)34-23/h1-5,8-11H,6-7,12-15,26H2. The van der Waals surface area contributed by atoms with Crippen molar-refractivity contribution in [2.45, 2.75) is 37.4 Å². The molecule has 0 saturated carbocycles. The molecular weight excluding hydrogens is 471 g/mol. The minimum atomic E-state index is -0.434. The molecule has 2 heterocycles. The van der Waals surface area contributed by atoms with Crippen LogP contribution in [0.2, 0.25) is 0 Å². The summed E-state index contributed by atoms with van der Waals surface area (Å²) in [6, 6.07) is 16.1. The lowest BCUT2D eigenvalue weighted by Gasteiger charge is -2.20. The fraction of sp³-hybridized carbons (Fsp3) is 0.250. The predicted octanol–water partition coefficient (Wildman–Crippen LogP) is 4.46. The molecule has 0 spiro atoms. The second kappa shape index (κ2) is 9.94. The van der Waals surface area contributed by atoms with E-state index >= 15 is 0 Å². The highest BCUT2D eigenvalue weighted by Gasteiger charge is 2.25. The molecule has 2 N–H and O–H groups in total. The van der Waals surface area contributed by atoms with Crippen LogP contribution >= 0.6 is 23.1 Å². The van der Waals surface area contributed by atoms with Crippen LogP contribution in [-0.2, 0) is 24.2 Å². The number of hydrogen-bond donors (Lipinski definition) is 1. The van der Waals surface area contributed by atoms with Crippen molar-refractivity contribution in [3.05, 3.63) is 76.5 Å². The van der Waals surface area contributed by atoms with Crippen LogP contribution in [-0.4, -0.2) is 31.5 Å². The van der Waals surface area contributed by atoms with Crippen molar-refractivity contribution >= 4 is 34.1 Å². The third kappa shape index (κ3) is 4.69. The van der Waals surface area contributed by atoms with Crippen molar-refractivity contribution in [3.63, 3.8) is 0 Å². The maximum Gasteiger partial charge on any atom is 0.239 e. The molecule has 7 nitrogen and oxygen atoms in total. The summed E-state index contributed by atoms with van der Waals surface area (Å²) in [7, 11) is 0. The van der Waals surface area contributed by atoms with Gasteiger partial charge in [-0.2, -0.15) is 0 Å². The molecule has 1 amide bonds. The van der Waals surface area contributed by atoms with Gasteiger partial charge in [0.05, 0.1) is 23.6 Å². The van der Waals surface area contributed by atoms with Gasteiger partial charge in [0.15, 0.2) is 11.0 Å². The Bertz CT molecular complexity index is 1280. The highest BCUT2D eigenvalue weighted by atomic mass is 32.2. The van der Waals surface area contributed by atoms with Crippen molar-refractivity contribution < 1.29 is 9.18 Å². The first kappa shape index (κ1) is 22.5. The first-order chi connectivity index (χ1) is 16.6. The minimum absolute atomic E-state index is 0.101. The summed E-state index contributed by atoms with van der Waals surface area (Å²) < 4.78 is 15.4. The SMILES string of the molecule is Nn1c(SCC(=O)N(Cc2ccccc2)c2nc3c(s2)CCCC3)nnc1-c1ccccc1F. The van der Waals surface area contributed by atoms with Crippen molar-refractivity contribution in [2.75, 3.05) is 16.5 Å². The minimum Gasteiger partial charge on any atom is -0.335 e. The fourth-order valence-corrected chi connectivity index (χ4v) is 5.79. The number of nitrogens with two attached hydrogens (primary N) is 1. The molecule has 0 unspecified atom stereocenters. The van der Waals surface area contributed by atoms with Crippen molar-refractivity contribution in [1.82, 2.24) is 19.9 Å². The van der Waals surface area contributed by atoms with Gasteiger partial charge < -0.3 is 5.84 Å². The number of rotatable bonds is 7. The number of halogens is 1. The number of anilines is 1. The fourth-order valence-electron chi connectivity index (χ4n) is 3.89. The summed E-state index contributed by atoms with van der Waals surface area (Å²) >= 11 is 2.78. The smallest absolute Gasteiger partial charge is 0.239 e. The van der Waals surface area contributed by atoms with Gasteiger partial charge in [0.2, 0.25) is 11.1 Å². The Kier molecular flexibility index (Phi) is 6.59. The lowest BCUT2D eigenvalue weighted by Crippen LogP contribution is -2.32. The Balaban J connectivity index is 1.36. The first-order valence-corrected chi connectivity index (χ1v) is 12.8. The summed E-state index contributed by atoms with van der Waals surface area (Å²) in [6.45, 7) is 0.433. The highest BCUT2D eigenvalue weighted by molar-refractivity contribution is 7.99. The predicted molar refractivity (Wildman–Crippen MR) is 133 cm³/mol. The molecule has 1 aliphatic carbocycles. The third-order valence-electron chi connectivity index (χ3n) is 5.65. The maximum absolute atomic E-state index is 14.2. The molecule has 10 heteroatoms. The van der Waals surface area contributed by atoms with E-state index in [1.165, 1.54) is 27.4 Å². The van der Waals surface area contributed by atoms with Gasteiger partial charge in [0.1, 0.15) is 5.82 Å². The van der Waals surface area contributed by atoms with E-state index in [1.54, 1.807) is 34.4 Å². The monoisotopic (exact) mass is 494 g/mol. The van der Waals surface area contributed by atoms with Crippen LogP contribution in [0, 0.1) is 5.82 Å². The van der Waals surface area contributed by atoms with Crippen molar-refractivity contribution in [3.8, 4) is 11.4 Å². The van der Waals surface area contributed by atoms with Crippen LogP contribution in [0.15, 0.2) is 59.8 Å². The zero-order chi connectivity index (χ0) is 23.5. The van der Waals surface area contributed by atoms with E-state index in [0.29, 0.717) is 11.7 Å². The number of nitrogen functional groups attached to an aromatic ring is 1. The van der Waals surface area contributed by atoms with Crippen LogP contribution in [0.5, 0.6) is 0 Å². The van der Waals surface area contributed by atoms with E-state index in [0.717, 1.165) is 42.1 Å². The Hall–Kier alpha value is -3.24. The van der Waals surface area contributed by atoms with Gasteiger partial charge in [-0.1, -0.05) is 54.2 Å². The second-order valence-electron chi connectivity index (χ2n) is 7.98. The normalized spacial score (nSPS) is 13.0.